The van der Waals surface area contributed by atoms with Gasteiger partial charge < -0.3 is 5.32 Å². The van der Waals surface area contributed by atoms with Gasteiger partial charge in [-0.05, 0) is 31.6 Å². The zero-order valence-electron chi connectivity index (χ0n) is 10.0. The van der Waals surface area contributed by atoms with Crippen molar-refractivity contribution in [1.82, 2.24) is 5.32 Å². The van der Waals surface area contributed by atoms with Crippen molar-refractivity contribution in [3.8, 4) is 0 Å². The van der Waals surface area contributed by atoms with E-state index in [1.165, 1.54) is 32.1 Å². The van der Waals surface area contributed by atoms with Gasteiger partial charge in [-0.25, -0.2) is 0 Å². The molecular formula is C13H23NO. The Morgan fingerprint density at radius 2 is 2.00 bits per heavy atom. The van der Waals surface area contributed by atoms with Gasteiger partial charge in [0, 0.05) is 11.5 Å². The Labute approximate surface area is 92.8 Å². The van der Waals surface area contributed by atoms with E-state index in [2.05, 4.69) is 19.2 Å². The van der Waals surface area contributed by atoms with Gasteiger partial charge in [0.05, 0.1) is 0 Å². The van der Waals surface area contributed by atoms with Gasteiger partial charge in [-0.15, -0.1) is 0 Å². The Morgan fingerprint density at radius 1 is 1.33 bits per heavy atom. The molecule has 2 heteroatoms. The molecule has 86 valence electrons. The summed E-state index contributed by atoms with van der Waals surface area (Å²) in [6.45, 7) is 4.41. The lowest BCUT2D eigenvalue weighted by Crippen LogP contribution is -2.42. The van der Waals surface area contributed by atoms with Crippen molar-refractivity contribution in [2.24, 2.45) is 11.8 Å². The highest BCUT2D eigenvalue weighted by Gasteiger charge is 2.44. The van der Waals surface area contributed by atoms with Crippen LogP contribution in [-0.2, 0) is 4.79 Å². The number of amides is 1. The third kappa shape index (κ3) is 2.35. The molecule has 1 aliphatic carbocycles. The molecular weight excluding hydrogens is 186 g/mol. The van der Waals surface area contributed by atoms with E-state index in [0.29, 0.717) is 17.7 Å². The molecule has 15 heavy (non-hydrogen) atoms. The highest BCUT2D eigenvalue weighted by molar-refractivity contribution is 5.82. The van der Waals surface area contributed by atoms with E-state index in [1.807, 2.05) is 0 Å². The second-order valence-electron chi connectivity index (χ2n) is 5.86. The first-order valence-corrected chi connectivity index (χ1v) is 6.43. The van der Waals surface area contributed by atoms with Crippen molar-refractivity contribution in [2.75, 3.05) is 0 Å². The van der Waals surface area contributed by atoms with Crippen LogP contribution < -0.4 is 5.32 Å². The van der Waals surface area contributed by atoms with Crippen LogP contribution in [0.2, 0.25) is 0 Å². The minimum Gasteiger partial charge on any atom is -0.350 e. The largest absolute Gasteiger partial charge is 0.350 e. The normalized spacial score (nSPS) is 29.8. The molecule has 1 amide bonds. The van der Waals surface area contributed by atoms with Crippen LogP contribution in [0.5, 0.6) is 0 Å². The molecule has 1 spiro atoms. The quantitative estimate of drug-likeness (QED) is 0.744. The maximum absolute atomic E-state index is 11.9. The van der Waals surface area contributed by atoms with Crippen LogP contribution in [0.4, 0.5) is 0 Å². The summed E-state index contributed by atoms with van der Waals surface area (Å²) in [6.07, 6.45) is 8.55. The second-order valence-corrected chi connectivity index (χ2v) is 5.86. The zero-order valence-corrected chi connectivity index (χ0v) is 10.0. The molecule has 1 aliphatic heterocycles. The van der Waals surface area contributed by atoms with Gasteiger partial charge in [-0.1, -0.05) is 33.1 Å². The van der Waals surface area contributed by atoms with Gasteiger partial charge in [-0.3, -0.25) is 4.79 Å². The summed E-state index contributed by atoms with van der Waals surface area (Å²) in [5, 5.41) is 3.29. The summed E-state index contributed by atoms with van der Waals surface area (Å²) in [4.78, 5) is 11.9. The molecule has 2 aliphatic rings. The minimum atomic E-state index is 0.203. The van der Waals surface area contributed by atoms with E-state index in [9.17, 15) is 4.79 Å². The SMILES string of the molecule is CC(C)CC1CC2(CCCCC2)NC1=O. The summed E-state index contributed by atoms with van der Waals surface area (Å²) in [5.74, 6) is 1.26. The average molecular weight is 209 g/mol. The standard InChI is InChI=1S/C13H23NO/c1-10(2)8-11-9-13(14-12(11)15)6-4-3-5-7-13/h10-11H,3-9H2,1-2H3,(H,14,15). The van der Waals surface area contributed by atoms with Crippen LogP contribution in [0.3, 0.4) is 0 Å². The van der Waals surface area contributed by atoms with Crippen LogP contribution in [0.1, 0.15) is 58.8 Å². The highest BCUT2D eigenvalue weighted by Crippen LogP contribution is 2.39. The van der Waals surface area contributed by atoms with Crippen LogP contribution in [0.25, 0.3) is 0 Å². The fourth-order valence-electron chi connectivity index (χ4n) is 3.30. The predicted octanol–water partition coefficient (Wildman–Crippen LogP) is 2.87. The number of carbonyl (C=O) groups excluding carboxylic acids is 1. The monoisotopic (exact) mass is 209 g/mol. The van der Waals surface area contributed by atoms with Crippen molar-refractivity contribution in [3.05, 3.63) is 0 Å². The number of hydrogen-bond acceptors (Lipinski definition) is 1. The lowest BCUT2D eigenvalue weighted by Gasteiger charge is -2.33. The number of nitrogens with one attached hydrogen (secondary N) is 1. The third-order valence-electron chi connectivity index (χ3n) is 3.96. The minimum absolute atomic E-state index is 0.203. The van der Waals surface area contributed by atoms with Crippen LogP contribution >= 0.6 is 0 Å². The van der Waals surface area contributed by atoms with Crippen molar-refractivity contribution in [1.29, 1.82) is 0 Å². The predicted molar refractivity (Wildman–Crippen MR) is 61.5 cm³/mol. The molecule has 2 rings (SSSR count). The van der Waals surface area contributed by atoms with Gasteiger partial charge in [0.15, 0.2) is 0 Å². The molecule has 0 aromatic heterocycles. The fraction of sp³-hybridized carbons (Fsp3) is 0.923. The first kappa shape index (κ1) is 11.0. The summed E-state index contributed by atoms with van der Waals surface area (Å²) in [6, 6.07) is 0. The Kier molecular flexibility index (Phi) is 3.03. The first-order chi connectivity index (χ1) is 7.11. The second kappa shape index (κ2) is 4.15. The molecule has 0 radical (unpaired) electrons. The number of carbonyl (C=O) groups is 1. The smallest absolute Gasteiger partial charge is 0.223 e. The molecule has 1 N–H and O–H groups in total. The molecule has 1 saturated carbocycles. The fourth-order valence-corrected chi connectivity index (χ4v) is 3.30. The van der Waals surface area contributed by atoms with E-state index in [0.717, 1.165) is 12.8 Å². The van der Waals surface area contributed by atoms with E-state index in [1.54, 1.807) is 0 Å². The van der Waals surface area contributed by atoms with Gasteiger partial charge in [0.2, 0.25) is 5.91 Å². The summed E-state index contributed by atoms with van der Waals surface area (Å²) >= 11 is 0. The molecule has 1 atom stereocenters. The van der Waals surface area contributed by atoms with Gasteiger partial charge in [-0.2, -0.15) is 0 Å². The molecule has 1 unspecified atom stereocenters. The van der Waals surface area contributed by atoms with Crippen molar-refractivity contribution >= 4 is 5.91 Å². The van der Waals surface area contributed by atoms with Gasteiger partial charge in [0.1, 0.15) is 0 Å². The molecule has 2 fully saturated rings. The van der Waals surface area contributed by atoms with E-state index in [-0.39, 0.29) is 5.54 Å². The Hall–Kier alpha value is -0.530. The van der Waals surface area contributed by atoms with Crippen molar-refractivity contribution < 1.29 is 4.79 Å². The summed E-state index contributed by atoms with van der Waals surface area (Å²) < 4.78 is 0. The molecule has 0 aromatic carbocycles. The first-order valence-electron chi connectivity index (χ1n) is 6.43. The van der Waals surface area contributed by atoms with E-state index < -0.39 is 0 Å². The third-order valence-corrected chi connectivity index (χ3v) is 3.96. The Morgan fingerprint density at radius 3 is 2.60 bits per heavy atom. The Bertz CT molecular complexity index is 241. The van der Waals surface area contributed by atoms with E-state index in [4.69, 9.17) is 0 Å². The highest BCUT2D eigenvalue weighted by atomic mass is 16.2. The van der Waals surface area contributed by atoms with Gasteiger partial charge >= 0.3 is 0 Å². The average Bonchev–Trinajstić information content (AvgIpc) is 2.43. The van der Waals surface area contributed by atoms with Crippen LogP contribution in [-0.4, -0.2) is 11.4 Å². The molecule has 1 heterocycles. The van der Waals surface area contributed by atoms with Crippen LogP contribution in [0.15, 0.2) is 0 Å². The molecule has 0 aromatic rings. The summed E-state index contributed by atoms with van der Waals surface area (Å²) in [5.41, 5.74) is 0.203. The van der Waals surface area contributed by atoms with E-state index >= 15 is 0 Å². The lowest BCUT2D eigenvalue weighted by molar-refractivity contribution is -0.123. The Balaban J connectivity index is 1.98. The maximum atomic E-state index is 11.9. The lowest BCUT2D eigenvalue weighted by atomic mass is 9.78. The molecule has 0 bridgehead atoms. The van der Waals surface area contributed by atoms with Crippen molar-refractivity contribution in [3.63, 3.8) is 0 Å². The summed E-state index contributed by atoms with van der Waals surface area (Å²) in [7, 11) is 0. The number of hydrogen-bond donors (Lipinski definition) is 1. The van der Waals surface area contributed by atoms with Gasteiger partial charge in [0.25, 0.3) is 0 Å². The molecule has 2 nitrogen and oxygen atoms in total. The zero-order chi connectivity index (χ0) is 10.9. The topological polar surface area (TPSA) is 29.1 Å². The van der Waals surface area contributed by atoms with Crippen LogP contribution in [0, 0.1) is 11.8 Å². The van der Waals surface area contributed by atoms with Crippen molar-refractivity contribution in [2.45, 2.75) is 64.3 Å². The molecule has 1 saturated heterocycles. The maximum Gasteiger partial charge on any atom is 0.223 e. The number of rotatable bonds is 2.